The zero-order valence-corrected chi connectivity index (χ0v) is 11.1. The summed E-state index contributed by atoms with van der Waals surface area (Å²) in [6.07, 6.45) is 0.945. The quantitative estimate of drug-likeness (QED) is 0.855. The van der Waals surface area contributed by atoms with Gasteiger partial charge < -0.3 is 10.6 Å². The lowest BCUT2D eigenvalue weighted by Gasteiger charge is -2.08. The van der Waals surface area contributed by atoms with Crippen molar-refractivity contribution in [1.29, 1.82) is 0 Å². The molecule has 2 N–H and O–H groups in total. The number of thiazole rings is 1. The summed E-state index contributed by atoms with van der Waals surface area (Å²) in [4.78, 5) is 16.3. The van der Waals surface area contributed by atoms with Crippen molar-refractivity contribution in [2.45, 2.75) is 32.7 Å². The van der Waals surface area contributed by atoms with E-state index in [4.69, 9.17) is 0 Å². The average Bonchev–Trinajstić information content (AvgIpc) is 2.97. The lowest BCUT2D eigenvalue weighted by atomic mass is 10.1. The Morgan fingerprint density at radius 1 is 1.71 bits per heavy atom. The molecule has 1 amide bonds. The maximum absolute atomic E-state index is 11.8. The van der Waals surface area contributed by atoms with Crippen molar-refractivity contribution in [3.8, 4) is 0 Å². The van der Waals surface area contributed by atoms with Gasteiger partial charge in [-0.1, -0.05) is 13.8 Å². The van der Waals surface area contributed by atoms with Crippen LogP contribution in [0.25, 0.3) is 0 Å². The van der Waals surface area contributed by atoms with E-state index in [0.29, 0.717) is 12.5 Å². The number of nitrogens with one attached hydrogen (secondary N) is 2. The Hall–Kier alpha value is -0.940. The van der Waals surface area contributed by atoms with Crippen molar-refractivity contribution >= 4 is 17.2 Å². The fourth-order valence-corrected chi connectivity index (χ4v) is 2.75. The standard InChI is InChI=1S/C12H19N3OS/c1-8(2)10-7-17-11(15-10)6-14-12(16)9-3-4-13-5-9/h7-9,13H,3-6H2,1-2H3,(H,14,16). The summed E-state index contributed by atoms with van der Waals surface area (Å²) in [5, 5.41) is 9.22. The Labute approximate surface area is 106 Å². The van der Waals surface area contributed by atoms with Crippen molar-refractivity contribution in [1.82, 2.24) is 15.6 Å². The Kier molecular flexibility index (Phi) is 4.12. The number of hydrogen-bond acceptors (Lipinski definition) is 4. The Morgan fingerprint density at radius 3 is 3.12 bits per heavy atom. The highest BCUT2D eigenvalue weighted by molar-refractivity contribution is 7.09. The molecule has 1 fully saturated rings. The second-order valence-corrected chi connectivity index (χ2v) is 5.67. The maximum atomic E-state index is 11.8. The summed E-state index contributed by atoms with van der Waals surface area (Å²) in [5.74, 6) is 0.741. The maximum Gasteiger partial charge on any atom is 0.224 e. The van der Waals surface area contributed by atoms with E-state index in [1.165, 1.54) is 0 Å². The second kappa shape index (κ2) is 5.60. The van der Waals surface area contributed by atoms with Gasteiger partial charge in [0.05, 0.1) is 18.2 Å². The van der Waals surface area contributed by atoms with Gasteiger partial charge in [0, 0.05) is 11.9 Å². The largest absolute Gasteiger partial charge is 0.349 e. The minimum Gasteiger partial charge on any atom is -0.349 e. The van der Waals surface area contributed by atoms with E-state index >= 15 is 0 Å². The van der Waals surface area contributed by atoms with E-state index in [1.54, 1.807) is 11.3 Å². The lowest BCUT2D eigenvalue weighted by Crippen LogP contribution is -2.31. The minimum absolute atomic E-state index is 0.138. The monoisotopic (exact) mass is 253 g/mol. The summed E-state index contributed by atoms with van der Waals surface area (Å²) in [7, 11) is 0. The van der Waals surface area contributed by atoms with Crippen LogP contribution in [0.4, 0.5) is 0 Å². The van der Waals surface area contributed by atoms with Crippen molar-refractivity contribution in [3.05, 3.63) is 16.1 Å². The molecule has 2 heterocycles. The Bertz CT molecular complexity index is 383. The van der Waals surface area contributed by atoms with Gasteiger partial charge in [-0.05, 0) is 18.9 Å². The fourth-order valence-electron chi connectivity index (χ4n) is 1.86. The zero-order chi connectivity index (χ0) is 12.3. The second-order valence-electron chi connectivity index (χ2n) is 4.73. The minimum atomic E-state index is 0.138. The molecule has 4 nitrogen and oxygen atoms in total. The molecule has 1 saturated heterocycles. The molecule has 0 saturated carbocycles. The van der Waals surface area contributed by atoms with Crippen molar-refractivity contribution in [2.75, 3.05) is 13.1 Å². The van der Waals surface area contributed by atoms with Crippen LogP contribution >= 0.6 is 11.3 Å². The SMILES string of the molecule is CC(C)c1csc(CNC(=O)C2CCNC2)n1. The third-order valence-corrected chi connectivity index (χ3v) is 3.87. The summed E-state index contributed by atoms with van der Waals surface area (Å²) < 4.78 is 0. The van der Waals surface area contributed by atoms with Crippen LogP contribution < -0.4 is 10.6 Å². The predicted molar refractivity (Wildman–Crippen MR) is 69.0 cm³/mol. The van der Waals surface area contributed by atoms with Crippen molar-refractivity contribution in [2.24, 2.45) is 5.92 Å². The van der Waals surface area contributed by atoms with Crippen LogP contribution in [-0.2, 0) is 11.3 Å². The van der Waals surface area contributed by atoms with E-state index < -0.39 is 0 Å². The molecule has 0 bridgehead atoms. The van der Waals surface area contributed by atoms with E-state index in [2.05, 4.69) is 34.8 Å². The van der Waals surface area contributed by atoms with Gasteiger partial charge in [-0.2, -0.15) is 0 Å². The summed E-state index contributed by atoms with van der Waals surface area (Å²) in [5.41, 5.74) is 1.11. The van der Waals surface area contributed by atoms with E-state index in [9.17, 15) is 4.79 Å². The number of carbonyl (C=O) groups excluding carboxylic acids is 1. The lowest BCUT2D eigenvalue weighted by molar-refractivity contribution is -0.124. The molecule has 0 spiro atoms. The summed E-state index contributed by atoms with van der Waals surface area (Å²) in [6, 6.07) is 0. The van der Waals surface area contributed by atoms with Gasteiger partial charge >= 0.3 is 0 Å². The molecular weight excluding hydrogens is 234 g/mol. The van der Waals surface area contributed by atoms with E-state index in [-0.39, 0.29) is 11.8 Å². The first-order chi connectivity index (χ1) is 8.16. The van der Waals surface area contributed by atoms with Gasteiger partial charge in [-0.15, -0.1) is 11.3 Å². The number of amides is 1. The summed E-state index contributed by atoms with van der Waals surface area (Å²) in [6.45, 7) is 6.57. The summed E-state index contributed by atoms with van der Waals surface area (Å²) >= 11 is 1.62. The number of nitrogens with zero attached hydrogens (tertiary/aromatic N) is 1. The highest BCUT2D eigenvalue weighted by Crippen LogP contribution is 2.17. The Balaban J connectivity index is 1.82. The molecule has 1 aromatic rings. The molecule has 1 aliphatic heterocycles. The van der Waals surface area contributed by atoms with Crippen LogP contribution in [0.3, 0.4) is 0 Å². The predicted octanol–water partition coefficient (Wildman–Crippen LogP) is 1.49. The van der Waals surface area contributed by atoms with Crippen LogP contribution in [-0.4, -0.2) is 24.0 Å². The van der Waals surface area contributed by atoms with Crippen LogP contribution in [0.1, 0.15) is 36.9 Å². The van der Waals surface area contributed by atoms with Gasteiger partial charge in [0.1, 0.15) is 5.01 Å². The van der Waals surface area contributed by atoms with Crippen molar-refractivity contribution < 1.29 is 4.79 Å². The molecule has 94 valence electrons. The first-order valence-corrected chi connectivity index (χ1v) is 6.97. The molecule has 1 aliphatic rings. The smallest absolute Gasteiger partial charge is 0.224 e. The van der Waals surface area contributed by atoms with Gasteiger partial charge in [-0.25, -0.2) is 4.98 Å². The van der Waals surface area contributed by atoms with Crippen molar-refractivity contribution in [3.63, 3.8) is 0 Å². The van der Waals surface area contributed by atoms with Crippen LogP contribution in [0.5, 0.6) is 0 Å². The highest BCUT2D eigenvalue weighted by atomic mass is 32.1. The molecule has 1 unspecified atom stereocenters. The first kappa shape index (κ1) is 12.5. The molecule has 0 aromatic carbocycles. The van der Waals surface area contributed by atoms with Gasteiger partial charge in [0.15, 0.2) is 0 Å². The van der Waals surface area contributed by atoms with E-state index in [1.807, 2.05) is 0 Å². The molecular formula is C12H19N3OS. The molecule has 1 aromatic heterocycles. The van der Waals surface area contributed by atoms with Gasteiger partial charge in [0.25, 0.3) is 0 Å². The van der Waals surface area contributed by atoms with Crippen LogP contribution in [0.15, 0.2) is 5.38 Å². The van der Waals surface area contributed by atoms with Crippen LogP contribution in [0.2, 0.25) is 0 Å². The topological polar surface area (TPSA) is 54.0 Å². The normalized spacial score (nSPS) is 19.8. The first-order valence-electron chi connectivity index (χ1n) is 6.09. The molecule has 0 radical (unpaired) electrons. The molecule has 1 atom stereocenters. The molecule has 2 rings (SSSR count). The highest BCUT2D eigenvalue weighted by Gasteiger charge is 2.22. The number of rotatable bonds is 4. The molecule has 17 heavy (non-hydrogen) atoms. The van der Waals surface area contributed by atoms with Gasteiger partial charge in [-0.3, -0.25) is 4.79 Å². The number of carbonyl (C=O) groups is 1. The fraction of sp³-hybridized carbons (Fsp3) is 0.667. The average molecular weight is 253 g/mol. The van der Waals surface area contributed by atoms with Crippen LogP contribution in [0, 0.1) is 5.92 Å². The number of hydrogen-bond donors (Lipinski definition) is 2. The molecule has 5 heteroatoms. The van der Waals surface area contributed by atoms with E-state index in [0.717, 1.165) is 30.2 Å². The third kappa shape index (κ3) is 3.26. The zero-order valence-electron chi connectivity index (χ0n) is 10.3. The molecule has 0 aliphatic carbocycles. The number of aromatic nitrogens is 1. The third-order valence-electron chi connectivity index (χ3n) is 3.01. The van der Waals surface area contributed by atoms with Gasteiger partial charge in [0.2, 0.25) is 5.91 Å². The Morgan fingerprint density at radius 2 is 2.53 bits per heavy atom.